The predicted octanol–water partition coefficient (Wildman–Crippen LogP) is 1.94. The van der Waals surface area contributed by atoms with Crippen LogP contribution in [0.4, 0.5) is 11.5 Å². The summed E-state index contributed by atoms with van der Waals surface area (Å²) >= 11 is 0. The summed E-state index contributed by atoms with van der Waals surface area (Å²) in [5.41, 5.74) is 1.66. The maximum atomic E-state index is 12.1. The number of amides is 1. The molecule has 0 aliphatic carbocycles. The van der Waals surface area contributed by atoms with Crippen molar-refractivity contribution < 1.29 is 4.79 Å². The fraction of sp³-hybridized carbons (Fsp3) is 0.389. The Bertz CT molecular complexity index is 681. The van der Waals surface area contributed by atoms with E-state index in [0.717, 1.165) is 32.0 Å². The summed E-state index contributed by atoms with van der Waals surface area (Å²) in [7, 11) is 0. The molecule has 6 heteroatoms. The van der Waals surface area contributed by atoms with Gasteiger partial charge in [0.25, 0.3) is 5.91 Å². The highest BCUT2D eigenvalue weighted by atomic mass is 16.1. The molecule has 1 aliphatic rings. The molecule has 1 fully saturated rings. The molecule has 0 atom stereocenters. The van der Waals surface area contributed by atoms with Gasteiger partial charge in [-0.25, -0.2) is 9.97 Å². The van der Waals surface area contributed by atoms with E-state index in [0.29, 0.717) is 5.69 Å². The number of hydrogen-bond donors (Lipinski definition) is 1. The van der Waals surface area contributed by atoms with Crippen molar-refractivity contribution in [1.29, 1.82) is 0 Å². The van der Waals surface area contributed by atoms with Crippen LogP contribution in [0.5, 0.6) is 0 Å². The Morgan fingerprint density at radius 3 is 2.38 bits per heavy atom. The Labute approximate surface area is 142 Å². The molecule has 126 valence electrons. The van der Waals surface area contributed by atoms with Crippen LogP contribution in [0.25, 0.3) is 0 Å². The van der Waals surface area contributed by atoms with Gasteiger partial charge >= 0.3 is 0 Å². The van der Waals surface area contributed by atoms with Crippen LogP contribution in [0.3, 0.4) is 0 Å². The lowest BCUT2D eigenvalue weighted by Gasteiger charge is -2.36. The number of piperazine rings is 1. The van der Waals surface area contributed by atoms with Crippen LogP contribution in [0, 0.1) is 0 Å². The lowest BCUT2D eigenvalue weighted by Crippen LogP contribution is -2.47. The Morgan fingerprint density at radius 2 is 1.71 bits per heavy atom. The minimum atomic E-state index is -0.156. The molecule has 0 radical (unpaired) electrons. The van der Waals surface area contributed by atoms with Gasteiger partial charge in [-0.3, -0.25) is 4.79 Å². The molecule has 0 unspecified atom stereocenters. The molecule has 1 N–H and O–H groups in total. The zero-order valence-corrected chi connectivity index (χ0v) is 14.1. The number of benzene rings is 1. The zero-order valence-electron chi connectivity index (χ0n) is 14.1. The second kappa shape index (κ2) is 7.29. The van der Waals surface area contributed by atoms with E-state index in [1.807, 2.05) is 19.9 Å². The lowest BCUT2D eigenvalue weighted by molar-refractivity contribution is 0.0938. The number of nitrogens with one attached hydrogen (secondary N) is 1. The second-order valence-electron chi connectivity index (χ2n) is 6.20. The number of para-hydroxylation sites is 1. The molecular weight excluding hydrogens is 302 g/mol. The molecule has 1 saturated heterocycles. The second-order valence-corrected chi connectivity index (χ2v) is 6.20. The van der Waals surface area contributed by atoms with Gasteiger partial charge in [0, 0.05) is 44.0 Å². The molecule has 1 aromatic heterocycles. The summed E-state index contributed by atoms with van der Waals surface area (Å²) in [5.74, 6) is 0.656. The van der Waals surface area contributed by atoms with Gasteiger partial charge in [0.15, 0.2) is 0 Å². The fourth-order valence-electron chi connectivity index (χ4n) is 2.81. The number of hydrogen-bond acceptors (Lipinski definition) is 5. The molecule has 24 heavy (non-hydrogen) atoms. The van der Waals surface area contributed by atoms with Gasteiger partial charge in [0.05, 0.1) is 0 Å². The highest BCUT2D eigenvalue weighted by Gasteiger charge is 2.19. The van der Waals surface area contributed by atoms with Crippen LogP contribution in [0.1, 0.15) is 24.3 Å². The number of carbonyl (C=O) groups is 1. The van der Waals surface area contributed by atoms with E-state index < -0.39 is 0 Å². The van der Waals surface area contributed by atoms with E-state index in [-0.39, 0.29) is 11.9 Å². The molecule has 0 spiro atoms. The van der Waals surface area contributed by atoms with Gasteiger partial charge in [-0.1, -0.05) is 18.2 Å². The zero-order chi connectivity index (χ0) is 16.9. The standard InChI is InChI=1S/C18H23N5O/c1-14(2)21-18(24)16-12-17(20-13-19-16)23-10-8-22(9-11-23)15-6-4-3-5-7-15/h3-7,12-14H,8-11H2,1-2H3,(H,21,24). The van der Waals surface area contributed by atoms with Gasteiger partial charge in [-0.15, -0.1) is 0 Å². The van der Waals surface area contributed by atoms with E-state index in [1.54, 1.807) is 6.07 Å². The molecule has 0 saturated carbocycles. The van der Waals surface area contributed by atoms with E-state index in [1.165, 1.54) is 12.0 Å². The Kier molecular flexibility index (Phi) is 4.93. The highest BCUT2D eigenvalue weighted by molar-refractivity contribution is 5.93. The van der Waals surface area contributed by atoms with Crippen LogP contribution >= 0.6 is 0 Å². The third kappa shape index (κ3) is 3.82. The molecule has 2 aromatic rings. The molecule has 1 aromatic carbocycles. The number of nitrogens with zero attached hydrogens (tertiary/aromatic N) is 4. The topological polar surface area (TPSA) is 61.4 Å². The average Bonchev–Trinajstić information content (AvgIpc) is 2.62. The number of rotatable bonds is 4. The van der Waals surface area contributed by atoms with Gasteiger partial charge in [-0.05, 0) is 26.0 Å². The third-order valence-electron chi connectivity index (χ3n) is 4.03. The maximum absolute atomic E-state index is 12.1. The van der Waals surface area contributed by atoms with Gasteiger partial charge in [-0.2, -0.15) is 0 Å². The Hall–Kier alpha value is -2.63. The van der Waals surface area contributed by atoms with Crippen molar-refractivity contribution in [3.63, 3.8) is 0 Å². The van der Waals surface area contributed by atoms with E-state index in [4.69, 9.17) is 0 Å². The van der Waals surface area contributed by atoms with Gasteiger partial charge < -0.3 is 15.1 Å². The lowest BCUT2D eigenvalue weighted by atomic mass is 10.2. The van der Waals surface area contributed by atoms with Crippen LogP contribution in [0.15, 0.2) is 42.7 Å². The van der Waals surface area contributed by atoms with Gasteiger partial charge in [0.2, 0.25) is 0 Å². The largest absolute Gasteiger partial charge is 0.368 e. The van der Waals surface area contributed by atoms with Crippen molar-refractivity contribution in [1.82, 2.24) is 15.3 Å². The van der Waals surface area contributed by atoms with Crippen molar-refractivity contribution >= 4 is 17.4 Å². The van der Waals surface area contributed by atoms with E-state index >= 15 is 0 Å². The van der Waals surface area contributed by atoms with E-state index in [9.17, 15) is 4.79 Å². The summed E-state index contributed by atoms with van der Waals surface area (Å²) in [5, 5.41) is 2.86. The smallest absolute Gasteiger partial charge is 0.270 e. The number of carbonyl (C=O) groups excluding carboxylic acids is 1. The van der Waals surface area contributed by atoms with Crippen molar-refractivity contribution in [3.05, 3.63) is 48.4 Å². The first-order chi connectivity index (χ1) is 11.6. The van der Waals surface area contributed by atoms with Crippen molar-refractivity contribution in [2.75, 3.05) is 36.0 Å². The molecular formula is C18H23N5O. The Balaban J connectivity index is 1.65. The molecule has 6 nitrogen and oxygen atoms in total. The summed E-state index contributed by atoms with van der Waals surface area (Å²) in [6.45, 7) is 7.48. The third-order valence-corrected chi connectivity index (χ3v) is 4.03. The monoisotopic (exact) mass is 325 g/mol. The summed E-state index contributed by atoms with van der Waals surface area (Å²) < 4.78 is 0. The molecule has 2 heterocycles. The Morgan fingerprint density at radius 1 is 1.04 bits per heavy atom. The van der Waals surface area contributed by atoms with Crippen LogP contribution in [0.2, 0.25) is 0 Å². The first kappa shape index (κ1) is 16.2. The van der Waals surface area contributed by atoms with Crippen LogP contribution < -0.4 is 15.1 Å². The summed E-state index contributed by atoms with van der Waals surface area (Å²) in [6, 6.07) is 12.3. The molecule has 3 rings (SSSR count). The summed E-state index contributed by atoms with van der Waals surface area (Å²) in [6.07, 6.45) is 1.47. The van der Waals surface area contributed by atoms with Crippen LogP contribution in [-0.2, 0) is 0 Å². The number of aromatic nitrogens is 2. The molecule has 0 bridgehead atoms. The summed E-state index contributed by atoms with van der Waals surface area (Å²) in [4.78, 5) is 25.1. The molecule has 1 amide bonds. The predicted molar refractivity (Wildman–Crippen MR) is 95.5 cm³/mol. The van der Waals surface area contributed by atoms with Crippen molar-refractivity contribution in [2.24, 2.45) is 0 Å². The first-order valence-electron chi connectivity index (χ1n) is 8.31. The van der Waals surface area contributed by atoms with Crippen LogP contribution in [-0.4, -0.2) is 48.1 Å². The minimum absolute atomic E-state index is 0.0883. The normalized spacial score (nSPS) is 14.8. The van der Waals surface area contributed by atoms with Crippen molar-refractivity contribution in [2.45, 2.75) is 19.9 Å². The fourth-order valence-corrected chi connectivity index (χ4v) is 2.81. The number of anilines is 2. The SMILES string of the molecule is CC(C)NC(=O)c1cc(N2CCN(c3ccccc3)CC2)ncn1. The first-order valence-corrected chi connectivity index (χ1v) is 8.31. The van der Waals surface area contributed by atoms with E-state index in [2.05, 4.69) is 49.4 Å². The van der Waals surface area contributed by atoms with Crippen molar-refractivity contribution in [3.8, 4) is 0 Å². The molecule has 1 aliphatic heterocycles. The maximum Gasteiger partial charge on any atom is 0.270 e. The average molecular weight is 325 g/mol. The van der Waals surface area contributed by atoms with Gasteiger partial charge in [0.1, 0.15) is 17.8 Å². The highest BCUT2D eigenvalue weighted by Crippen LogP contribution is 2.19. The quantitative estimate of drug-likeness (QED) is 0.931. The minimum Gasteiger partial charge on any atom is -0.368 e.